The van der Waals surface area contributed by atoms with Crippen molar-refractivity contribution >= 4 is 42.7 Å². The van der Waals surface area contributed by atoms with Crippen molar-refractivity contribution in [1.82, 2.24) is 0 Å². The van der Waals surface area contributed by atoms with Crippen molar-refractivity contribution in [3.8, 4) is 11.1 Å². The molecule has 0 saturated carbocycles. The highest BCUT2D eigenvalue weighted by Crippen LogP contribution is 2.34. The molecule has 4 aromatic carbocycles. The van der Waals surface area contributed by atoms with Crippen LogP contribution >= 0.6 is 0 Å². The monoisotopic (exact) mass is 603 g/mol. The molecule has 0 spiro atoms. The number of benzene rings is 4. The first-order valence-electron chi connectivity index (χ1n) is 12.6. The van der Waals surface area contributed by atoms with E-state index in [-0.39, 0.29) is 32.2 Å². The number of nitrogens with zero attached hydrogens (tertiary/aromatic N) is 1. The van der Waals surface area contributed by atoms with Gasteiger partial charge in [0.2, 0.25) is 0 Å². The second-order valence-corrected chi connectivity index (χ2v) is 13.3. The van der Waals surface area contributed by atoms with Crippen molar-refractivity contribution < 1.29 is 30.8 Å². The van der Waals surface area contributed by atoms with Gasteiger partial charge in [-0.05, 0) is 85.6 Å². The maximum atomic E-state index is 14.1. The summed E-state index contributed by atoms with van der Waals surface area (Å²) in [6, 6.07) is 23.2. The maximum Gasteiger partial charge on any atom is 0.344 e. The summed E-state index contributed by atoms with van der Waals surface area (Å²) >= 11 is 0. The second kappa shape index (κ2) is 10.9. The lowest BCUT2D eigenvalue weighted by atomic mass is 10.0. The highest BCUT2D eigenvalue weighted by Gasteiger charge is 2.37. The average Bonchev–Trinajstić information content (AvgIpc) is 2.97. The zero-order chi connectivity index (χ0) is 30.2. The molecule has 1 heterocycles. The van der Waals surface area contributed by atoms with E-state index in [9.17, 15) is 26.4 Å². The molecule has 0 N–H and O–H groups in total. The summed E-state index contributed by atoms with van der Waals surface area (Å²) in [7, 11) is -8.27. The molecule has 5 rings (SSSR count). The molecule has 42 heavy (non-hydrogen) atoms. The Hall–Kier alpha value is -4.74. The molecule has 11 heteroatoms. The summed E-state index contributed by atoms with van der Waals surface area (Å²) in [6.45, 7) is 3.61. The van der Waals surface area contributed by atoms with Crippen LogP contribution in [0.3, 0.4) is 0 Å². The van der Waals surface area contributed by atoms with E-state index in [2.05, 4.69) is 4.74 Å². The lowest BCUT2D eigenvalue weighted by Crippen LogP contribution is -2.37. The molecule has 0 saturated heterocycles. The van der Waals surface area contributed by atoms with Gasteiger partial charge in [-0.1, -0.05) is 42.0 Å². The highest BCUT2D eigenvalue weighted by atomic mass is 32.3. The summed E-state index contributed by atoms with van der Waals surface area (Å²) in [5, 5.41) is 0.311. The van der Waals surface area contributed by atoms with E-state index in [1.807, 2.05) is 19.1 Å². The number of aryl methyl sites for hydroxylation is 2. The van der Waals surface area contributed by atoms with E-state index < -0.39 is 31.6 Å². The second-order valence-electron chi connectivity index (χ2n) is 9.52. The van der Waals surface area contributed by atoms with Crippen LogP contribution in [0, 0.1) is 13.8 Å². The zero-order valence-electron chi connectivity index (χ0n) is 22.8. The maximum absolute atomic E-state index is 14.1. The number of carbonyl (C=O) groups is 1. The van der Waals surface area contributed by atoms with Gasteiger partial charge >= 0.3 is 11.6 Å². The Labute approximate surface area is 242 Å². The number of esters is 1. The molecule has 0 aliphatic heterocycles. The molecule has 0 aliphatic rings. The molecule has 0 bridgehead atoms. The van der Waals surface area contributed by atoms with E-state index in [1.54, 1.807) is 37.3 Å². The molecule has 0 amide bonds. The standard InChI is InChI=1S/C31H25NO8S2/c1-20-8-13-25(14-9-20)41(35,36)32(42(37,38)26-15-10-22(11-16-26)30(33)39-3)24-12-17-29-23(18-24)19-28(31(34)40-29)27-7-5-4-6-21(27)2/h4-19H,1-3H3. The van der Waals surface area contributed by atoms with E-state index in [0.717, 1.165) is 23.3 Å². The molecule has 0 radical (unpaired) electrons. The fourth-order valence-electron chi connectivity index (χ4n) is 4.48. The van der Waals surface area contributed by atoms with Crippen LogP contribution < -0.4 is 9.34 Å². The van der Waals surface area contributed by atoms with Crippen molar-refractivity contribution in [2.24, 2.45) is 0 Å². The zero-order valence-corrected chi connectivity index (χ0v) is 24.4. The van der Waals surface area contributed by atoms with Gasteiger partial charge in [0.1, 0.15) is 5.58 Å². The molecule has 1 aromatic heterocycles. The molecular formula is C31H25NO8S2. The van der Waals surface area contributed by atoms with Crippen LogP contribution in [0.5, 0.6) is 0 Å². The minimum atomic E-state index is -4.76. The van der Waals surface area contributed by atoms with Gasteiger partial charge in [-0.2, -0.15) is 3.71 Å². The number of rotatable bonds is 7. The van der Waals surface area contributed by atoms with Crippen LogP contribution in [0.15, 0.2) is 116 Å². The van der Waals surface area contributed by atoms with Gasteiger partial charge < -0.3 is 9.15 Å². The molecule has 0 fully saturated rings. The quantitative estimate of drug-likeness (QED) is 0.178. The number of hydrogen-bond acceptors (Lipinski definition) is 8. The number of anilines is 1. The Morgan fingerprint density at radius 1 is 0.738 bits per heavy atom. The smallest absolute Gasteiger partial charge is 0.344 e. The Morgan fingerprint density at radius 3 is 1.93 bits per heavy atom. The fourth-order valence-corrected chi connectivity index (χ4v) is 8.15. The Balaban J connectivity index is 1.73. The van der Waals surface area contributed by atoms with Crippen LogP contribution in [0.1, 0.15) is 21.5 Å². The normalized spacial score (nSPS) is 11.8. The predicted octanol–water partition coefficient (Wildman–Crippen LogP) is 5.45. The molecule has 0 unspecified atom stereocenters. The molecule has 214 valence electrons. The van der Waals surface area contributed by atoms with E-state index in [0.29, 0.717) is 14.7 Å². The van der Waals surface area contributed by atoms with Gasteiger partial charge in [-0.25, -0.2) is 26.4 Å². The number of carbonyl (C=O) groups excluding carboxylic acids is 1. The summed E-state index contributed by atoms with van der Waals surface area (Å²) in [5.74, 6) is -0.677. The van der Waals surface area contributed by atoms with Crippen LogP contribution in [0.25, 0.3) is 22.1 Å². The number of fused-ring (bicyclic) bond motifs is 1. The first-order valence-corrected chi connectivity index (χ1v) is 15.5. The number of ether oxygens (including phenoxy) is 1. The topological polar surface area (TPSA) is 128 Å². The third-order valence-electron chi connectivity index (χ3n) is 6.69. The SMILES string of the molecule is COC(=O)c1ccc(S(=O)(=O)N(c2ccc3oc(=O)c(-c4ccccc4C)cc3c2)S(=O)(=O)c2ccc(C)cc2)cc1. The van der Waals surface area contributed by atoms with Crippen LogP contribution in [0.2, 0.25) is 0 Å². The van der Waals surface area contributed by atoms with E-state index in [1.165, 1.54) is 49.6 Å². The third kappa shape index (κ3) is 5.19. The van der Waals surface area contributed by atoms with Gasteiger partial charge in [0.05, 0.1) is 33.7 Å². The van der Waals surface area contributed by atoms with Crippen molar-refractivity contribution in [1.29, 1.82) is 0 Å². The van der Waals surface area contributed by atoms with E-state index >= 15 is 0 Å². The minimum absolute atomic E-state index is 0.0915. The first-order chi connectivity index (χ1) is 19.9. The van der Waals surface area contributed by atoms with Crippen LogP contribution in [-0.2, 0) is 24.8 Å². The lowest BCUT2D eigenvalue weighted by Gasteiger charge is -2.24. The van der Waals surface area contributed by atoms with Gasteiger partial charge in [0, 0.05) is 5.39 Å². The number of methoxy groups -OCH3 is 1. The Kier molecular flexibility index (Phi) is 7.48. The minimum Gasteiger partial charge on any atom is -0.465 e. The summed E-state index contributed by atoms with van der Waals surface area (Å²) in [4.78, 5) is 24.1. The van der Waals surface area contributed by atoms with E-state index in [4.69, 9.17) is 4.42 Å². The molecule has 0 atom stereocenters. The fraction of sp³-hybridized carbons (Fsp3) is 0.0968. The molecule has 5 aromatic rings. The number of hydrogen-bond donors (Lipinski definition) is 0. The van der Waals surface area contributed by atoms with Crippen molar-refractivity contribution in [2.45, 2.75) is 23.6 Å². The Bertz CT molecular complexity index is 2100. The predicted molar refractivity (Wildman–Crippen MR) is 158 cm³/mol. The van der Waals surface area contributed by atoms with Gasteiger partial charge in [0.25, 0.3) is 20.0 Å². The summed E-state index contributed by atoms with van der Waals surface area (Å²) < 4.78 is 66.7. The highest BCUT2D eigenvalue weighted by molar-refractivity contribution is 8.10. The van der Waals surface area contributed by atoms with Crippen LogP contribution in [0.4, 0.5) is 5.69 Å². The average molecular weight is 604 g/mol. The Morgan fingerprint density at radius 2 is 1.33 bits per heavy atom. The largest absolute Gasteiger partial charge is 0.465 e. The van der Waals surface area contributed by atoms with Gasteiger partial charge in [0.15, 0.2) is 0 Å². The lowest BCUT2D eigenvalue weighted by molar-refractivity contribution is 0.0600. The van der Waals surface area contributed by atoms with Gasteiger partial charge in [-0.3, -0.25) is 0 Å². The molecular weight excluding hydrogens is 578 g/mol. The first kappa shape index (κ1) is 28.8. The number of sulfonamides is 2. The molecule has 0 aliphatic carbocycles. The van der Waals surface area contributed by atoms with Crippen molar-refractivity contribution in [3.63, 3.8) is 0 Å². The summed E-state index contributed by atoms with van der Waals surface area (Å²) in [5.41, 5.74) is 1.92. The van der Waals surface area contributed by atoms with Crippen molar-refractivity contribution in [2.75, 3.05) is 10.8 Å². The summed E-state index contributed by atoms with van der Waals surface area (Å²) in [6.07, 6.45) is 0. The third-order valence-corrected chi connectivity index (χ3v) is 10.9. The van der Waals surface area contributed by atoms with Crippen molar-refractivity contribution in [3.05, 3.63) is 124 Å². The van der Waals surface area contributed by atoms with Gasteiger partial charge in [-0.15, -0.1) is 0 Å². The molecule has 9 nitrogen and oxygen atoms in total. The van der Waals surface area contributed by atoms with Crippen LogP contribution in [-0.4, -0.2) is 29.9 Å².